The van der Waals surface area contributed by atoms with Crippen molar-refractivity contribution < 1.29 is 23.8 Å². The maximum absolute atomic E-state index is 13.2. The fourth-order valence-corrected chi connectivity index (χ4v) is 4.65. The number of esters is 1. The number of nitrogens with zero attached hydrogens (tertiary/aromatic N) is 3. The molecule has 3 aromatic rings. The number of carbonyl (C=O) groups excluding carboxylic acids is 2. The van der Waals surface area contributed by atoms with E-state index in [1.54, 1.807) is 40.0 Å². The number of thiazole rings is 1. The maximum atomic E-state index is 13.2. The van der Waals surface area contributed by atoms with Crippen molar-refractivity contribution in [2.45, 2.75) is 27.4 Å². The van der Waals surface area contributed by atoms with Gasteiger partial charge in [0, 0.05) is 4.47 Å². The molecule has 0 radical (unpaired) electrons. The van der Waals surface area contributed by atoms with E-state index >= 15 is 0 Å². The van der Waals surface area contributed by atoms with Gasteiger partial charge in [-0.15, -0.1) is 0 Å². The molecule has 10 heteroatoms. The molecule has 2 aromatic carbocycles. The Morgan fingerprint density at radius 3 is 2.58 bits per heavy atom. The Hall–Kier alpha value is -3.50. The number of anilines is 1. The highest BCUT2D eigenvalue weighted by molar-refractivity contribution is 9.10. The van der Waals surface area contributed by atoms with Crippen molar-refractivity contribution >= 4 is 56.1 Å². The van der Waals surface area contributed by atoms with Gasteiger partial charge in [-0.05, 0) is 62.2 Å². The molecule has 0 bridgehead atoms. The highest BCUT2D eigenvalue weighted by atomic mass is 79.9. The van der Waals surface area contributed by atoms with E-state index in [0.29, 0.717) is 45.1 Å². The number of ether oxygens (including phenoxy) is 3. The van der Waals surface area contributed by atoms with E-state index in [2.05, 4.69) is 26.0 Å². The van der Waals surface area contributed by atoms with Crippen molar-refractivity contribution in [3.63, 3.8) is 0 Å². The molecule has 1 aliphatic rings. The molecule has 8 nitrogen and oxygen atoms in total. The van der Waals surface area contributed by atoms with Crippen LogP contribution in [0.5, 0.6) is 11.5 Å². The smallest absolute Gasteiger partial charge is 0.350 e. The molecule has 186 valence electrons. The van der Waals surface area contributed by atoms with Crippen LogP contribution in [0.15, 0.2) is 57.6 Å². The second-order valence-electron chi connectivity index (χ2n) is 7.82. The summed E-state index contributed by atoms with van der Waals surface area (Å²) in [6, 6.07) is 13.3. The van der Waals surface area contributed by atoms with Crippen molar-refractivity contribution in [2.24, 2.45) is 5.10 Å². The zero-order valence-electron chi connectivity index (χ0n) is 20.2. The van der Waals surface area contributed by atoms with Gasteiger partial charge in [0.05, 0.1) is 30.7 Å². The Bertz CT molecular complexity index is 1360. The monoisotopic (exact) mass is 569 g/mol. The van der Waals surface area contributed by atoms with Crippen LogP contribution in [0.2, 0.25) is 0 Å². The second-order valence-corrected chi connectivity index (χ2v) is 9.71. The number of amides is 1. The van der Waals surface area contributed by atoms with Gasteiger partial charge in [0.15, 0.2) is 11.5 Å². The van der Waals surface area contributed by atoms with E-state index in [0.717, 1.165) is 26.9 Å². The Morgan fingerprint density at radius 1 is 1.14 bits per heavy atom. The molecule has 0 N–H and O–H groups in total. The maximum Gasteiger partial charge on any atom is 0.350 e. The van der Waals surface area contributed by atoms with E-state index in [4.69, 9.17) is 14.2 Å². The Morgan fingerprint density at radius 2 is 1.89 bits per heavy atom. The lowest BCUT2D eigenvalue weighted by atomic mass is 10.1. The molecule has 0 saturated heterocycles. The van der Waals surface area contributed by atoms with Crippen molar-refractivity contribution in [1.29, 1.82) is 0 Å². The first-order valence-corrected chi connectivity index (χ1v) is 12.7. The minimum atomic E-state index is -0.462. The third-order valence-corrected chi connectivity index (χ3v) is 6.94. The highest BCUT2D eigenvalue weighted by Gasteiger charge is 2.32. The lowest BCUT2D eigenvalue weighted by molar-refractivity contribution is -0.114. The molecule has 36 heavy (non-hydrogen) atoms. The first-order chi connectivity index (χ1) is 17.3. The van der Waals surface area contributed by atoms with Gasteiger partial charge in [0.25, 0.3) is 5.91 Å². The van der Waals surface area contributed by atoms with Crippen LogP contribution in [0.3, 0.4) is 0 Å². The minimum absolute atomic E-state index is 0.260. The fourth-order valence-electron chi connectivity index (χ4n) is 3.47. The Balaban J connectivity index is 1.53. The van der Waals surface area contributed by atoms with Crippen LogP contribution in [0.1, 0.15) is 40.3 Å². The van der Waals surface area contributed by atoms with E-state index in [1.165, 1.54) is 5.01 Å². The van der Waals surface area contributed by atoms with E-state index in [-0.39, 0.29) is 12.5 Å². The summed E-state index contributed by atoms with van der Waals surface area (Å²) in [5.41, 5.74) is 3.24. The minimum Gasteiger partial charge on any atom is -0.493 e. The third kappa shape index (κ3) is 5.50. The Labute approximate surface area is 221 Å². The average molecular weight is 570 g/mol. The predicted octanol–water partition coefficient (Wildman–Crippen LogP) is 5.78. The SMILES string of the molecule is CCOC(=O)c1sc(N2N=C(C)C(=Cc3ccc(OCc4ccc(Br)cc4)c(OC)c3)C2=O)nc1C. The van der Waals surface area contributed by atoms with Gasteiger partial charge in [0.1, 0.15) is 11.5 Å². The number of halogens is 1. The van der Waals surface area contributed by atoms with E-state index in [1.807, 2.05) is 36.4 Å². The van der Waals surface area contributed by atoms with Crippen LogP contribution in [0, 0.1) is 6.92 Å². The summed E-state index contributed by atoms with van der Waals surface area (Å²) in [6.07, 6.45) is 1.74. The van der Waals surface area contributed by atoms with Gasteiger partial charge in [-0.3, -0.25) is 4.79 Å². The number of carbonyl (C=O) groups is 2. The molecule has 0 atom stereocenters. The molecular weight excluding hydrogens is 546 g/mol. The van der Waals surface area contributed by atoms with Crippen molar-refractivity contribution in [2.75, 3.05) is 18.7 Å². The van der Waals surface area contributed by atoms with Gasteiger partial charge in [-0.1, -0.05) is 45.5 Å². The molecule has 0 aliphatic carbocycles. The van der Waals surface area contributed by atoms with Crippen molar-refractivity contribution in [3.8, 4) is 11.5 Å². The predicted molar refractivity (Wildman–Crippen MR) is 143 cm³/mol. The summed E-state index contributed by atoms with van der Waals surface area (Å²) in [7, 11) is 1.57. The average Bonchev–Trinajstić information content (AvgIpc) is 3.38. The van der Waals surface area contributed by atoms with Crippen LogP contribution < -0.4 is 14.5 Å². The molecule has 0 spiro atoms. The van der Waals surface area contributed by atoms with Crippen LogP contribution in [-0.2, 0) is 16.1 Å². The van der Waals surface area contributed by atoms with Crippen LogP contribution in [0.25, 0.3) is 6.08 Å². The third-order valence-electron chi connectivity index (χ3n) is 5.30. The lowest BCUT2D eigenvalue weighted by Crippen LogP contribution is -2.21. The summed E-state index contributed by atoms with van der Waals surface area (Å²) in [4.78, 5) is 30.0. The van der Waals surface area contributed by atoms with Crippen molar-refractivity contribution in [1.82, 2.24) is 4.98 Å². The quantitative estimate of drug-likeness (QED) is 0.252. The number of hydrogen-bond acceptors (Lipinski definition) is 8. The summed E-state index contributed by atoms with van der Waals surface area (Å²) in [6.45, 7) is 5.84. The summed E-state index contributed by atoms with van der Waals surface area (Å²) in [5, 5.41) is 5.91. The molecule has 0 unspecified atom stereocenters. The second kappa shape index (κ2) is 11.0. The normalized spacial score (nSPS) is 14.2. The Kier molecular flexibility index (Phi) is 7.85. The van der Waals surface area contributed by atoms with Gasteiger partial charge < -0.3 is 14.2 Å². The molecule has 0 saturated carbocycles. The number of hydrogen-bond donors (Lipinski definition) is 0. The number of benzene rings is 2. The molecule has 4 rings (SSSR count). The van der Waals surface area contributed by atoms with Gasteiger partial charge in [0.2, 0.25) is 5.13 Å². The van der Waals surface area contributed by atoms with Gasteiger partial charge in [-0.25, -0.2) is 9.78 Å². The highest BCUT2D eigenvalue weighted by Crippen LogP contribution is 2.33. The molecule has 2 heterocycles. The van der Waals surface area contributed by atoms with Crippen molar-refractivity contribution in [3.05, 3.63) is 74.2 Å². The zero-order valence-corrected chi connectivity index (χ0v) is 22.6. The number of methoxy groups -OCH3 is 1. The first-order valence-electron chi connectivity index (χ1n) is 11.1. The summed E-state index contributed by atoms with van der Waals surface area (Å²) in [5.74, 6) is 0.354. The van der Waals surface area contributed by atoms with Crippen LogP contribution in [0.4, 0.5) is 5.13 Å². The largest absolute Gasteiger partial charge is 0.493 e. The first kappa shape index (κ1) is 25.6. The number of aryl methyl sites for hydroxylation is 1. The molecule has 0 fully saturated rings. The molecule has 1 aromatic heterocycles. The molecular formula is C26H24BrN3O5S. The van der Waals surface area contributed by atoms with Gasteiger partial charge in [-0.2, -0.15) is 10.1 Å². The van der Waals surface area contributed by atoms with Gasteiger partial charge >= 0.3 is 5.97 Å². The van der Waals surface area contributed by atoms with Crippen LogP contribution >= 0.6 is 27.3 Å². The number of rotatable bonds is 8. The van der Waals surface area contributed by atoms with Crippen LogP contribution in [-0.4, -0.2) is 36.3 Å². The summed E-state index contributed by atoms with van der Waals surface area (Å²) >= 11 is 4.50. The van der Waals surface area contributed by atoms with E-state index < -0.39 is 5.97 Å². The van der Waals surface area contributed by atoms with E-state index in [9.17, 15) is 9.59 Å². The topological polar surface area (TPSA) is 90.3 Å². The lowest BCUT2D eigenvalue weighted by Gasteiger charge is -2.12. The number of aromatic nitrogens is 1. The number of hydrazone groups is 1. The fraction of sp³-hybridized carbons (Fsp3) is 0.231. The summed E-state index contributed by atoms with van der Waals surface area (Å²) < 4.78 is 17.5. The molecule has 1 amide bonds. The molecule has 1 aliphatic heterocycles. The standard InChI is InChI=1S/C26H24BrN3O5S/c1-5-34-25(32)23-16(3)28-26(36-23)30-24(31)20(15(2)29-30)12-18-8-11-21(22(13-18)33-4)35-14-17-6-9-19(27)10-7-17/h6-13H,5,14H2,1-4H3. The zero-order chi connectivity index (χ0) is 25.8.